The molecule has 0 spiro atoms. The summed E-state index contributed by atoms with van der Waals surface area (Å²) in [7, 11) is 0. The first-order valence-corrected chi connectivity index (χ1v) is 7.57. The van der Waals surface area contributed by atoms with Gasteiger partial charge in [0, 0.05) is 12.0 Å². The molecule has 2 nitrogen and oxygen atoms in total. The van der Waals surface area contributed by atoms with Crippen LogP contribution in [0.1, 0.15) is 54.3 Å². The molecule has 0 bridgehead atoms. The number of carbonyl (C=O) groups excluding carboxylic acids is 1. The van der Waals surface area contributed by atoms with Crippen molar-refractivity contribution in [2.75, 3.05) is 11.5 Å². The van der Waals surface area contributed by atoms with Gasteiger partial charge in [0.15, 0.2) is 5.78 Å². The SMILES string of the molecule is CCSc1sc(C(=O)CC)c(N)c1C1CC1. The van der Waals surface area contributed by atoms with Crippen LogP contribution in [-0.2, 0) is 0 Å². The highest BCUT2D eigenvalue weighted by Crippen LogP contribution is 2.51. The van der Waals surface area contributed by atoms with Gasteiger partial charge in [-0.1, -0.05) is 13.8 Å². The highest BCUT2D eigenvalue weighted by molar-refractivity contribution is 8.01. The van der Waals surface area contributed by atoms with E-state index in [1.54, 1.807) is 11.3 Å². The maximum atomic E-state index is 11.8. The van der Waals surface area contributed by atoms with E-state index >= 15 is 0 Å². The van der Waals surface area contributed by atoms with E-state index < -0.39 is 0 Å². The van der Waals surface area contributed by atoms with Gasteiger partial charge in [0.2, 0.25) is 0 Å². The summed E-state index contributed by atoms with van der Waals surface area (Å²) in [5.41, 5.74) is 8.17. The second-order valence-corrected chi connectivity index (χ2v) is 6.58. The predicted octanol–water partition coefficient (Wildman–Crippen LogP) is 3.91. The number of hydrogen-bond donors (Lipinski definition) is 1. The van der Waals surface area contributed by atoms with E-state index in [2.05, 4.69) is 6.92 Å². The minimum Gasteiger partial charge on any atom is -0.397 e. The van der Waals surface area contributed by atoms with Crippen molar-refractivity contribution in [3.63, 3.8) is 0 Å². The van der Waals surface area contributed by atoms with Crippen LogP contribution in [0.2, 0.25) is 0 Å². The Morgan fingerprint density at radius 3 is 2.69 bits per heavy atom. The largest absolute Gasteiger partial charge is 0.397 e. The lowest BCUT2D eigenvalue weighted by molar-refractivity contribution is 0.0993. The van der Waals surface area contributed by atoms with E-state index in [1.165, 1.54) is 22.6 Å². The van der Waals surface area contributed by atoms with Gasteiger partial charge in [-0.3, -0.25) is 4.79 Å². The molecule has 1 aromatic heterocycles. The Morgan fingerprint density at radius 1 is 1.50 bits per heavy atom. The van der Waals surface area contributed by atoms with Gasteiger partial charge in [0.1, 0.15) is 0 Å². The zero-order valence-corrected chi connectivity index (χ0v) is 11.3. The van der Waals surface area contributed by atoms with Crippen LogP contribution in [0.4, 0.5) is 5.69 Å². The zero-order chi connectivity index (χ0) is 11.7. The maximum absolute atomic E-state index is 11.8. The lowest BCUT2D eigenvalue weighted by Crippen LogP contribution is -1.99. The molecule has 0 amide bonds. The van der Waals surface area contributed by atoms with E-state index in [0.717, 1.165) is 16.3 Å². The van der Waals surface area contributed by atoms with E-state index in [9.17, 15) is 4.79 Å². The van der Waals surface area contributed by atoms with Crippen LogP contribution < -0.4 is 5.73 Å². The third-order valence-corrected chi connectivity index (χ3v) is 5.22. The molecule has 0 aliphatic heterocycles. The summed E-state index contributed by atoms with van der Waals surface area (Å²) in [6.45, 7) is 4.03. The first kappa shape index (κ1) is 12.0. The van der Waals surface area contributed by atoms with Gasteiger partial charge >= 0.3 is 0 Å². The summed E-state index contributed by atoms with van der Waals surface area (Å²) in [6, 6.07) is 0. The van der Waals surface area contributed by atoms with Crippen LogP contribution in [0.5, 0.6) is 0 Å². The van der Waals surface area contributed by atoms with Gasteiger partial charge in [-0.25, -0.2) is 0 Å². The molecule has 1 heterocycles. The fraction of sp³-hybridized carbons (Fsp3) is 0.583. The van der Waals surface area contributed by atoms with E-state index in [-0.39, 0.29) is 5.78 Å². The van der Waals surface area contributed by atoms with E-state index in [1.807, 2.05) is 18.7 Å². The number of rotatable bonds is 5. The Hall–Kier alpha value is -0.480. The van der Waals surface area contributed by atoms with Crippen LogP contribution >= 0.6 is 23.1 Å². The highest BCUT2D eigenvalue weighted by Gasteiger charge is 2.32. The standard InChI is InChI=1S/C12H17NOS2/c1-3-8(14)11-10(13)9(7-5-6-7)12(16-11)15-4-2/h7H,3-6,13H2,1-2H3. The number of carbonyl (C=O) groups is 1. The molecule has 2 N–H and O–H groups in total. The van der Waals surface area contributed by atoms with Gasteiger partial charge in [0.25, 0.3) is 0 Å². The van der Waals surface area contributed by atoms with Crippen molar-refractivity contribution in [2.45, 2.75) is 43.2 Å². The fourth-order valence-corrected chi connectivity index (χ4v) is 4.38. The molecule has 1 aliphatic rings. The molecule has 88 valence electrons. The van der Waals surface area contributed by atoms with E-state index in [0.29, 0.717) is 12.3 Å². The summed E-state index contributed by atoms with van der Waals surface area (Å²) < 4.78 is 1.28. The molecule has 1 fully saturated rings. The van der Waals surface area contributed by atoms with Crippen LogP contribution in [0.3, 0.4) is 0 Å². The highest BCUT2D eigenvalue weighted by atomic mass is 32.2. The Kier molecular flexibility index (Phi) is 3.60. The Balaban J connectivity index is 2.40. The fourth-order valence-electron chi connectivity index (χ4n) is 1.80. The van der Waals surface area contributed by atoms with Crippen LogP contribution in [-0.4, -0.2) is 11.5 Å². The maximum Gasteiger partial charge on any atom is 0.174 e. The first-order chi connectivity index (χ1) is 7.69. The van der Waals surface area contributed by atoms with Crippen molar-refractivity contribution >= 4 is 34.6 Å². The van der Waals surface area contributed by atoms with Crippen molar-refractivity contribution in [1.82, 2.24) is 0 Å². The van der Waals surface area contributed by atoms with Crippen molar-refractivity contribution in [3.8, 4) is 0 Å². The number of ketones is 1. The number of Topliss-reactive ketones (excluding diaryl/α,β-unsaturated/α-hetero) is 1. The minimum atomic E-state index is 0.187. The zero-order valence-electron chi connectivity index (χ0n) is 9.71. The second-order valence-electron chi connectivity index (χ2n) is 4.03. The molecule has 1 aliphatic carbocycles. The number of thiophene rings is 1. The molecule has 4 heteroatoms. The molecule has 0 saturated heterocycles. The molecule has 2 rings (SSSR count). The summed E-state index contributed by atoms with van der Waals surface area (Å²) in [5, 5.41) is 0. The molecule has 16 heavy (non-hydrogen) atoms. The molecule has 1 aromatic rings. The smallest absolute Gasteiger partial charge is 0.174 e. The minimum absolute atomic E-state index is 0.187. The second kappa shape index (κ2) is 4.80. The number of nitrogens with two attached hydrogens (primary N) is 1. The van der Waals surface area contributed by atoms with Gasteiger partial charge in [0.05, 0.1) is 14.8 Å². The monoisotopic (exact) mass is 255 g/mol. The summed E-state index contributed by atoms with van der Waals surface area (Å²) in [4.78, 5) is 12.6. The van der Waals surface area contributed by atoms with Crippen LogP contribution in [0.25, 0.3) is 0 Å². The molecule has 0 radical (unpaired) electrons. The van der Waals surface area contributed by atoms with Crippen molar-refractivity contribution in [1.29, 1.82) is 0 Å². The molecular weight excluding hydrogens is 238 g/mol. The Morgan fingerprint density at radius 2 is 2.19 bits per heavy atom. The number of hydrogen-bond acceptors (Lipinski definition) is 4. The summed E-state index contributed by atoms with van der Waals surface area (Å²) in [5.74, 6) is 1.86. The molecule has 1 saturated carbocycles. The summed E-state index contributed by atoms with van der Waals surface area (Å²) in [6.07, 6.45) is 3.01. The molecule has 0 atom stereocenters. The summed E-state index contributed by atoms with van der Waals surface area (Å²) >= 11 is 3.42. The number of nitrogen functional groups attached to an aromatic ring is 1. The van der Waals surface area contributed by atoms with E-state index in [4.69, 9.17) is 5.73 Å². The Labute approximate surface area is 105 Å². The third-order valence-electron chi connectivity index (χ3n) is 2.78. The van der Waals surface area contributed by atoms with Gasteiger partial charge in [-0.15, -0.1) is 23.1 Å². The number of thioether (sulfide) groups is 1. The van der Waals surface area contributed by atoms with Crippen LogP contribution in [0.15, 0.2) is 4.21 Å². The van der Waals surface area contributed by atoms with Gasteiger partial charge in [-0.2, -0.15) is 0 Å². The van der Waals surface area contributed by atoms with Gasteiger partial charge < -0.3 is 5.73 Å². The lowest BCUT2D eigenvalue weighted by atomic mass is 10.1. The third kappa shape index (κ3) is 2.13. The van der Waals surface area contributed by atoms with Crippen molar-refractivity contribution < 1.29 is 4.79 Å². The van der Waals surface area contributed by atoms with Crippen molar-refractivity contribution in [3.05, 3.63) is 10.4 Å². The Bertz CT molecular complexity index is 407. The van der Waals surface area contributed by atoms with Crippen molar-refractivity contribution in [2.24, 2.45) is 0 Å². The first-order valence-electron chi connectivity index (χ1n) is 5.77. The quantitative estimate of drug-likeness (QED) is 0.640. The average Bonchev–Trinajstić information content (AvgIpc) is 3.04. The molecular formula is C12H17NOS2. The normalized spacial score (nSPS) is 15.4. The lowest BCUT2D eigenvalue weighted by Gasteiger charge is -2.01. The average molecular weight is 255 g/mol. The predicted molar refractivity (Wildman–Crippen MR) is 71.7 cm³/mol. The topological polar surface area (TPSA) is 43.1 Å². The van der Waals surface area contributed by atoms with Crippen LogP contribution in [0, 0.1) is 0 Å². The van der Waals surface area contributed by atoms with Gasteiger partial charge in [-0.05, 0) is 24.5 Å². The molecule has 0 unspecified atom stereocenters. The number of anilines is 1. The molecule has 0 aromatic carbocycles.